The van der Waals surface area contributed by atoms with Crippen molar-refractivity contribution in [3.63, 3.8) is 0 Å². The monoisotopic (exact) mass is 403 g/mol. The maximum Gasteiger partial charge on any atom is 0.126 e. The highest BCUT2D eigenvalue weighted by atomic mass is 19.1. The predicted octanol–water partition coefficient (Wildman–Crippen LogP) is 2.77. The third-order valence-electron chi connectivity index (χ3n) is 6.11. The number of ether oxygens (including phenoxy) is 1. The van der Waals surface area contributed by atoms with Gasteiger partial charge in [0.2, 0.25) is 0 Å². The highest BCUT2D eigenvalue weighted by Crippen LogP contribution is 2.30. The van der Waals surface area contributed by atoms with Gasteiger partial charge in [0, 0.05) is 13.1 Å². The molecule has 0 saturated carbocycles. The van der Waals surface area contributed by atoms with Crippen LogP contribution in [0, 0.1) is 17.6 Å². The van der Waals surface area contributed by atoms with Crippen LogP contribution in [0.1, 0.15) is 29.5 Å². The highest BCUT2D eigenvalue weighted by Gasteiger charge is 2.28. The minimum Gasteiger partial charge on any atom is -0.487 e. The molecule has 29 heavy (non-hydrogen) atoms. The van der Waals surface area contributed by atoms with Crippen molar-refractivity contribution in [1.82, 2.24) is 5.32 Å². The zero-order chi connectivity index (χ0) is 20.4. The molecule has 0 aromatic heterocycles. The number of nitrogens with one attached hydrogen (secondary N) is 1. The Balaban J connectivity index is 1.24. The number of benzene rings is 2. The third kappa shape index (κ3) is 4.77. The first-order valence-corrected chi connectivity index (χ1v) is 10.3. The molecule has 4 atom stereocenters. The van der Waals surface area contributed by atoms with Crippen LogP contribution in [-0.2, 0) is 19.3 Å². The van der Waals surface area contributed by atoms with Crippen LogP contribution in [0.5, 0.6) is 5.75 Å². The summed E-state index contributed by atoms with van der Waals surface area (Å²) in [7, 11) is 0. The number of aryl methyl sites for hydroxylation is 2. The zero-order valence-electron chi connectivity index (χ0n) is 16.3. The maximum atomic E-state index is 13.3. The van der Waals surface area contributed by atoms with Crippen LogP contribution in [0.15, 0.2) is 36.4 Å². The van der Waals surface area contributed by atoms with Gasteiger partial charge in [-0.3, -0.25) is 0 Å². The molecular formula is C23H27F2NO3. The number of aliphatic hydroxyl groups excluding tert-OH is 2. The standard InChI is InChI=1S/C23H27F2NO3/c24-18-5-3-14-9-16(2-1-15(14)10-18)20(27)12-26-13-21(28)23-7-4-17-11-19(25)6-8-22(17)29-23/h3,5-6,8,10-11,16,20-21,23,26-28H,1-2,4,7,9,12-13H2/t16-,20+,21+,23-/m0/s1. The largest absolute Gasteiger partial charge is 0.487 e. The van der Waals surface area contributed by atoms with E-state index < -0.39 is 12.2 Å². The summed E-state index contributed by atoms with van der Waals surface area (Å²) in [5, 5.41) is 24.1. The van der Waals surface area contributed by atoms with Gasteiger partial charge < -0.3 is 20.3 Å². The van der Waals surface area contributed by atoms with Gasteiger partial charge >= 0.3 is 0 Å². The lowest BCUT2D eigenvalue weighted by Crippen LogP contribution is -2.44. The molecule has 0 bridgehead atoms. The minimum absolute atomic E-state index is 0.116. The van der Waals surface area contributed by atoms with Crippen LogP contribution >= 0.6 is 0 Å². The van der Waals surface area contributed by atoms with E-state index in [-0.39, 0.29) is 23.7 Å². The van der Waals surface area contributed by atoms with Gasteiger partial charge in [-0.15, -0.1) is 0 Å². The quantitative estimate of drug-likeness (QED) is 0.694. The van der Waals surface area contributed by atoms with Crippen molar-refractivity contribution >= 4 is 0 Å². The van der Waals surface area contributed by atoms with Gasteiger partial charge in [-0.25, -0.2) is 8.78 Å². The molecule has 0 radical (unpaired) electrons. The van der Waals surface area contributed by atoms with E-state index in [1.54, 1.807) is 12.1 Å². The summed E-state index contributed by atoms with van der Waals surface area (Å²) >= 11 is 0. The fourth-order valence-electron chi connectivity index (χ4n) is 4.41. The van der Waals surface area contributed by atoms with Crippen molar-refractivity contribution in [1.29, 1.82) is 0 Å². The van der Waals surface area contributed by atoms with E-state index in [9.17, 15) is 19.0 Å². The summed E-state index contributed by atoms with van der Waals surface area (Å²) in [6, 6.07) is 9.31. The van der Waals surface area contributed by atoms with Gasteiger partial charge in [0.1, 0.15) is 29.6 Å². The molecule has 156 valence electrons. The molecule has 1 heterocycles. The number of rotatable bonds is 6. The first-order valence-electron chi connectivity index (χ1n) is 10.3. The van der Waals surface area contributed by atoms with Gasteiger partial charge in [-0.1, -0.05) is 6.07 Å². The second-order valence-electron chi connectivity index (χ2n) is 8.16. The van der Waals surface area contributed by atoms with Gasteiger partial charge in [-0.05, 0) is 85.0 Å². The van der Waals surface area contributed by atoms with Crippen LogP contribution < -0.4 is 10.1 Å². The molecule has 2 aromatic rings. The van der Waals surface area contributed by atoms with Crippen LogP contribution in [-0.4, -0.2) is 41.6 Å². The van der Waals surface area contributed by atoms with Gasteiger partial charge in [0.25, 0.3) is 0 Å². The predicted molar refractivity (Wildman–Crippen MR) is 106 cm³/mol. The molecule has 1 aliphatic heterocycles. The minimum atomic E-state index is -0.713. The van der Waals surface area contributed by atoms with Crippen LogP contribution in [0.2, 0.25) is 0 Å². The molecule has 2 aliphatic rings. The molecule has 4 rings (SSSR count). The number of halogens is 2. The summed E-state index contributed by atoms with van der Waals surface area (Å²) < 4.78 is 32.4. The fourth-order valence-corrected chi connectivity index (χ4v) is 4.41. The van der Waals surface area contributed by atoms with Crippen LogP contribution in [0.3, 0.4) is 0 Å². The molecule has 6 heteroatoms. The van der Waals surface area contributed by atoms with Crippen molar-refractivity contribution in [3.8, 4) is 5.75 Å². The van der Waals surface area contributed by atoms with Crippen LogP contribution in [0.25, 0.3) is 0 Å². The van der Waals surface area contributed by atoms with E-state index in [2.05, 4.69) is 5.32 Å². The lowest BCUT2D eigenvalue weighted by molar-refractivity contribution is 0.0206. The molecule has 0 amide bonds. The summed E-state index contributed by atoms with van der Waals surface area (Å²) in [6.07, 6.45) is 2.02. The van der Waals surface area contributed by atoms with Crippen LogP contribution in [0.4, 0.5) is 8.78 Å². The topological polar surface area (TPSA) is 61.7 Å². The molecule has 4 nitrogen and oxygen atoms in total. The Morgan fingerprint density at radius 2 is 1.59 bits per heavy atom. The van der Waals surface area contributed by atoms with Crippen molar-refractivity contribution in [2.24, 2.45) is 5.92 Å². The highest BCUT2D eigenvalue weighted by molar-refractivity contribution is 5.36. The molecule has 0 unspecified atom stereocenters. The molecular weight excluding hydrogens is 376 g/mol. The number of hydrogen-bond donors (Lipinski definition) is 3. The summed E-state index contributed by atoms with van der Waals surface area (Å²) in [4.78, 5) is 0. The molecule has 2 aromatic carbocycles. The maximum absolute atomic E-state index is 13.3. The first-order chi connectivity index (χ1) is 14.0. The van der Waals surface area contributed by atoms with E-state index in [1.165, 1.54) is 18.2 Å². The van der Waals surface area contributed by atoms with Gasteiger partial charge in [0.15, 0.2) is 0 Å². The number of aliphatic hydroxyl groups is 2. The SMILES string of the molecule is O[C@H](CNC[C@@H](O)[C@@H]1CCc2cc(F)ccc2O1)[C@H]1CCc2cc(F)ccc2C1. The average Bonchev–Trinajstić information content (AvgIpc) is 2.72. The fraction of sp³-hybridized carbons (Fsp3) is 0.478. The molecule has 0 saturated heterocycles. The first kappa shape index (κ1) is 20.3. The van der Waals surface area contributed by atoms with Crippen molar-refractivity contribution in [3.05, 3.63) is 64.7 Å². The summed E-state index contributed by atoms with van der Waals surface area (Å²) in [6.45, 7) is 0.694. The Morgan fingerprint density at radius 3 is 2.41 bits per heavy atom. The lowest BCUT2D eigenvalue weighted by atomic mass is 9.81. The van der Waals surface area contributed by atoms with Gasteiger partial charge in [-0.2, -0.15) is 0 Å². The number of hydrogen-bond acceptors (Lipinski definition) is 4. The van der Waals surface area contributed by atoms with Crippen molar-refractivity contribution in [2.75, 3.05) is 13.1 Å². The van der Waals surface area contributed by atoms with E-state index in [0.717, 1.165) is 36.0 Å². The Kier molecular flexibility index (Phi) is 6.13. The van der Waals surface area contributed by atoms with E-state index in [0.29, 0.717) is 31.7 Å². The Labute approximate surface area is 169 Å². The normalized spacial score (nSPS) is 22.9. The second-order valence-corrected chi connectivity index (χ2v) is 8.16. The molecule has 3 N–H and O–H groups in total. The van der Waals surface area contributed by atoms with E-state index >= 15 is 0 Å². The lowest BCUT2D eigenvalue weighted by Gasteiger charge is -2.31. The summed E-state index contributed by atoms with van der Waals surface area (Å²) in [5.74, 6) is 0.248. The van der Waals surface area contributed by atoms with Crippen molar-refractivity contribution < 1.29 is 23.7 Å². The van der Waals surface area contributed by atoms with E-state index in [4.69, 9.17) is 4.74 Å². The molecule has 1 aliphatic carbocycles. The summed E-state index contributed by atoms with van der Waals surface area (Å²) in [5.41, 5.74) is 2.97. The third-order valence-corrected chi connectivity index (χ3v) is 6.11. The van der Waals surface area contributed by atoms with Crippen molar-refractivity contribution in [2.45, 2.75) is 50.4 Å². The average molecular weight is 403 g/mol. The Morgan fingerprint density at radius 1 is 0.897 bits per heavy atom. The molecule has 0 spiro atoms. The van der Waals surface area contributed by atoms with Gasteiger partial charge in [0.05, 0.1) is 6.10 Å². The zero-order valence-corrected chi connectivity index (χ0v) is 16.3. The molecule has 0 fully saturated rings. The Bertz CT molecular complexity index is 791. The number of fused-ring (bicyclic) bond motifs is 2. The smallest absolute Gasteiger partial charge is 0.126 e. The van der Waals surface area contributed by atoms with E-state index in [1.807, 2.05) is 6.07 Å². The Hall–Kier alpha value is -2.02. The second kappa shape index (κ2) is 8.78.